The van der Waals surface area contributed by atoms with Crippen LogP contribution in [0.1, 0.15) is 24.4 Å². The number of aromatic nitrogens is 6. The van der Waals surface area contributed by atoms with Crippen LogP contribution in [0.2, 0.25) is 0 Å². The van der Waals surface area contributed by atoms with Gasteiger partial charge in [0.05, 0.1) is 23.1 Å². The highest BCUT2D eigenvalue weighted by Gasteiger charge is 2.21. The van der Waals surface area contributed by atoms with Crippen molar-refractivity contribution in [1.29, 1.82) is 5.26 Å². The highest BCUT2D eigenvalue weighted by atomic mass is 16.1. The van der Waals surface area contributed by atoms with E-state index in [0.29, 0.717) is 22.5 Å². The Bertz CT molecular complexity index is 1300. The zero-order chi connectivity index (χ0) is 20.5. The van der Waals surface area contributed by atoms with Crippen LogP contribution in [0.5, 0.6) is 0 Å². The smallest absolute Gasteiger partial charge is 0.267 e. The number of nitrogens with zero attached hydrogens (tertiary/aromatic N) is 6. The lowest BCUT2D eigenvalue weighted by Gasteiger charge is -2.19. The van der Waals surface area contributed by atoms with E-state index in [9.17, 15) is 10.1 Å². The van der Waals surface area contributed by atoms with Crippen molar-refractivity contribution in [2.75, 3.05) is 16.8 Å². The maximum Gasteiger partial charge on any atom is 0.267 e. The van der Waals surface area contributed by atoms with Gasteiger partial charge in [0.2, 0.25) is 5.95 Å². The molecule has 0 saturated heterocycles. The average Bonchev–Trinajstić information content (AvgIpc) is 3.22. The number of hydrogen-bond acceptors (Lipinski definition) is 9. The number of benzene rings is 1. The molecule has 1 atom stereocenters. The monoisotopic (exact) mass is 388 g/mol. The summed E-state index contributed by atoms with van der Waals surface area (Å²) in [5.41, 5.74) is 11.8. The predicted octanol–water partition coefficient (Wildman–Crippen LogP) is 1.11. The van der Waals surface area contributed by atoms with Gasteiger partial charge in [-0.25, -0.2) is 9.55 Å². The van der Waals surface area contributed by atoms with E-state index in [1.165, 1.54) is 4.57 Å². The fourth-order valence-corrected chi connectivity index (χ4v) is 3.03. The van der Waals surface area contributed by atoms with E-state index in [-0.39, 0.29) is 28.7 Å². The number of nitrogens with two attached hydrogens (primary N) is 2. The number of nitrogens with one attached hydrogen (secondary N) is 2. The molecule has 0 aliphatic heterocycles. The van der Waals surface area contributed by atoms with Crippen LogP contribution in [0.3, 0.4) is 0 Å². The molecule has 0 radical (unpaired) electrons. The minimum atomic E-state index is -0.545. The van der Waals surface area contributed by atoms with Crippen molar-refractivity contribution in [2.24, 2.45) is 0 Å². The molecule has 4 rings (SSSR count). The SMILES string of the molecule is CC(Nc1nc(N)nc(N)c1C#N)c1nc2ccccc2c(=O)n1-c1ccn[nH]1. The van der Waals surface area contributed by atoms with Gasteiger partial charge in [0.15, 0.2) is 5.82 Å². The maximum atomic E-state index is 13.2. The van der Waals surface area contributed by atoms with Gasteiger partial charge in [-0.05, 0) is 19.1 Å². The standard InChI is InChI=1S/C18H16N10O/c1-9(23-15-11(8-19)14(20)25-18(21)26-15)16-24-12-5-3-2-4-10(12)17(29)28(16)13-6-7-22-27-13/h2-7,9H,1H3,(H,22,27)(H5,20,21,23,25,26). The lowest BCUT2D eigenvalue weighted by molar-refractivity contribution is 0.719. The Morgan fingerprint density at radius 2 is 2.00 bits per heavy atom. The summed E-state index contributed by atoms with van der Waals surface area (Å²) >= 11 is 0. The molecular weight excluding hydrogens is 372 g/mol. The first kappa shape index (κ1) is 17.9. The fourth-order valence-electron chi connectivity index (χ4n) is 3.03. The Hall–Kier alpha value is -4.46. The first-order chi connectivity index (χ1) is 14.0. The Kier molecular flexibility index (Phi) is 4.28. The second-order valence-electron chi connectivity index (χ2n) is 6.24. The summed E-state index contributed by atoms with van der Waals surface area (Å²) in [5.74, 6) is 0.890. The van der Waals surface area contributed by atoms with Crippen LogP contribution < -0.4 is 22.3 Å². The Labute approximate surface area is 164 Å². The normalized spacial score (nSPS) is 11.9. The molecule has 1 aromatic carbocycles. The summed E-state index contributed by atoms with van der Waals surface area (Å²) in [6.07, 6.45) is 1.54. The molecule has 0 aliphatic rings. The minimum absolute atomic E-state index is 0.0351. The Balaban J connectivity index is 1.89. The van der Waals surface area contributed by atoms with Gasteiger partial charge in [0, 0.05) is 6.07 Å². The number of anilines is 3. The molecule has 0 amide bonds. The van der Waals surface area contributed by atoms with Crippen LogP contribution >= 0.6 is 0 Å². The molecule has 11 heteroatoms. The molecule has 0 spiro atoms. The van der Waals surface area contributed by atoms with Gasteiger partial charge in [-0.3, -0.25) is 9.89 Å². The third-order valence-corrected chi connectivity index (χ3v) is 4.34. The van der Waals surface area contributed by atoms with Crippen molar-refractivity contribution >= 4 is 28.5 Å². The van der Waals surface area contributed by atoms with Crippen molar-refractivity contribution in [3.63, 3.8) is 0 Å². The van der Waals surface area contributed by atoms with E-state index in [1.807, 2.05) is 6.07 Å². The molecule has 0 aliphatic carbocycles. The van der Waals surface area contributed by atoms with E-state index in [2.05, 4.69) is 30.5 Å². The third-order valence-electron chi connectivity index (χ3n) is 4.34. The van der Waals surface area contributed by atoms with Crippen LogP contribution in [0.15, 0.2) is 41.3 Å². The maximum absolute atomic E-state index is 13.2. The zero-order valence-electron chi connectivity index (χ0n) is 15.3. The van der Waals surface area contributed by atoms with Crippen LogP contribution in [-0.4, -0.2) is 29.7 Å². The molecule has 3 aromatic heterocycles. The van der Waals surface area contributed by atoms with Crippen molar-refractivity contribution < 1.29 is 0 Å². The third kappa shape index (κ3) is 3.08. The van der Waals surface area contributed by atoms with Crippen molar-refractivity contribution in [1.82, 2.24) is 29.7 Å². The van der Waals surface area contributed by atoms with E-state index in [4.69, 9.17) is 11.5 Å². The predicted molar refractivity (Wildman–Crippen MR) is 107 cm³/mol. The number of nitriles is 1. The highest BCUT2D eigenvalue weighted by Crippen LogP contribution is 2.24. The van der Waals surface area contributed by atoms with Crippen LogP contribution in [0.4, 0.5) is 17.6 Å². The van der Waals surface area contributed by atoms with Gasteiger partial charge >= 0.3 is 0 Å². The topological polar surface area (TPSA) is 177 Å². The number of hydrogen-bond donors (Lipinski definition) is 4. The van der Waals surface area contributed by atoms with E-state index in [1.54, 1.807) is 43.5 Å². The molecule has 144 valence electrons. The van der Waals surface area contributed by atoms with E-state index in [0.717, 1.165) is 0 Å². The summed E-state index contributed by atoms with van der Waals surface area (Å²) in [4.78, 5) is 25.7. The van der Waals surface area contributed by atoms with Gasteiger partial charge < -0.3 is 16.8 Å². The Morgan fingerprint density at radius 3 is 2.72 bits per heavy atom. The molecule has 29 heavy (non-hydrogen) atoms. The number of para-hydroxylation sites is 1. The van der Waals surface area contributed by atoms with Gasteiger partial charge in [-0.1, -0.05) is 12.1 Å². The lowest BCUT2D eigenvalue weighted by Crippen LogP contribution is -2.28. The molecular formula is C18H16N10O. The number of fused-ring (bicyclic) bond motifs is 1. The average molecular weight is 388 g/mol. The first-order valence-electron chi connectivity index (χ1n) is 8.60. The second kappa shape index (κ2) is 6.93. The molecule has 11 nitrogen and oxygen atoms in total. The minimum Gasteiger partial charge on any atom is -0.382 e. The van der Waals surface area contributed by atoms with Crippen LogP contribution in [0.25, 0.3) is 16.7 Å². The van der Waals surface area contributed by atoms with Gasteiger partial charge in [-0.2, -0.15) is 20.3 Å². The largest absolute Gasteiger partial charge is 0.382 e. The lowest BCUT2D eigenvalue weighted by atomic mass is 10.2. The number of rotatable bonds is 4. The van der Waals surface area contributed by atoms with E-state index < -0.39 is 6.04 Å². The first-order valence-corrected chi connectivity index (χ1v) is 8.60. The quantitative estimate of drug-likeness (QED) is 0.398. The van der Waals surface area contributed by atoms with E-state index >= 15 is 0 Å². The molecule has 0 bridgehead atoms. The summed E-state index contributed by atoms with van der Waals surface area (Å²) in [5, 5.41) is 19.6. The summed E-state index contributed by atoms with van der Waals surface area (Å²) in [7, 11) is 0. The highest BCUT2D eigenvalue weighted by molar-refractivity contribution is 5.78. The second-order valence-corrected chi connectivity index (χ2v) is 6.24. The molecule has 6 N–H and O–H groups in total. The van der Waals surface area contributed by atoms with Crippen molar-refractivity contribution in [2.45, 2.75) is 13.0 Å². The van der Waals surface area contributed by atoms with Gasteiger partial charge in [-0.15, -0.1) is 0 Å². The van der Waals surface area contributed by atoms with Crippen LogP contribution in [-0.2, 0) is 0 Å². The van der Waals surface area contributed by atoms with Gasteiger partial charge in [0.1, 0.15) is 29.1 Å². The van der Waals surface area contributed by atoms with Gasteiger partial charge in [0.25, 0.3) is 5.56 Å². The molecule has 4 aromatic rings. The van der Waals surface area contributed by atoms with Crippen molar-refractivity contribution in [3.05, 3.63) is 58.3 Å². The van der Waals surface area contributed by atoms with Crippen LogP contribution in [0, 0.1) is 11.3 Å². The van der Waals surface area contributed by atoms with Crippen molar-refractivity contribution in [3.8, 4) is 11.9 Å². The molecule has 0 saturated carbocycles. The zero-order valence-corrected chi connectivity index (χ0v) is 15.3. The summed E-state index contributed by atoms with van der Waals surface area (Å²) < 4.78 is 1.42. The fraction of sp³-hybridized carbons (Fsp3) is 0.111. The number of H-pyrrole nitrogens is 1. The Morgan fingerprint density at radius 1 is 1.21 bits per heavy atom. The summed E-state index contributed by atoms with van der Waals surface area (Å²) in [6.45, 7) is 1.78. The molecule has 3 heterocycles. The number of nitrogen functional groups attached to an aromatic ring is 2. The molecule has 0 fully saturated rings. The number of aromatic amines is 1. The summed E-state index contributed by atoms with van der Waals surface area (Å²) in [6, 6.07) is 10.1. The molecule has 1 unspecified atom stereocenters.